The summed E-state index contributed by atoms with van der Waals surface area (Å²) in [6, 6.07) is 7.13. The minimum absolute atomic E-state index is 0.180. The zero-order valence-corrected chi connectivity index (χ0v) is 15.5. The van der Waals surface area contributed by atoms with Crippen LogP contribution in [0.1, 0.15) is 12.5 Å². The molecule has 2 aromatic carbocycles. The minimum atomic E-state index is -1.64. The molecule has 0 radical (unpaired) electrons. The summed E-state index contributed by atoms with van der Waals surface area (Å²) in [5.74, 6) is -3.41. The van der Waals surface area contributed by atoms with Crippen molar-refractivity contribution < 1.29 is 27.4 Å². The maximum atomic E-state index is 13.6. The second-order valence-corrected chi connectivity index (χ2v) is 6.01. The topological polar surface area (TPSA) is 84.0 Å². The summed E-state index contributed by atoms with van der Waals surface area (Å²) in [4.78, 5) is 16.4. The first-order chi connectivity index (χ1) is 14.0. The van der Waals surface area contributed by atoms with Gasteiger partial charge in [0.1, 0.15) is 0 Å². The fraction of sp³-hybridized carbons (Fsp3) is 0.263. The number of aliphatic imine (C=N–C) groups is 1. The molecule has 0 saturated carbocycles. The number of hydrogen-bond donors (Lipinski definition) is 3. The van der Waals surface area contributed by atoms with Gasteiger partial charge in [-0.1, -0.05) is 6.07 Å². The molecule has 0 unspecified atom stereocenters. The van der Waals surface area contributed by atoms with Crippen LogP contribution in [0.15, 0.2) is 35.3 Å². The molecule has 7 nitrogen and oxygen atoms in total. The number of nitrogens with zero attached hydrogens (tertiary/aromatic N) is 1. The first-order valence-electron chi connectivity index (χ1n) is 8.82. The van der Waals surface area contributed by atoms with Crippen LogP contribution in [-0.2, 0) is 11.3 Å². The molecule has 1 aliphatic rings. The molecule has 1 aliphatic heterocycles. The SMILES string of the molecule is CCNC(=NCc1ccc2c(c1)OCO2)NCC(=O)Nc1ccc(F)c(F)c1F. The van der Waals surface area contributed by atoms with Crippen LogP contribution in [0.25, 0.3) is 0 Å². The van der Waals surface area contributed by atoms with E-state index < -0.39 is 29.0 Å². The number of fused-ring (bicyclic) bond motifs is 1. The average molecular weight is 408 g/mol. The normalized spacial score (nSPS) is 12.6. The summed E-state index contributed by atoms with van der Waals surface area (Å²) >= 11 is 0. The fourth-order valence-electron chi connectivity index (χ4n) is 2.53. The van der Waals surface area contributed by atoms with Crippen molar-refractivity contribution in [2.45, 2.75) is 13.5 Å². The van der Waals surface area contributed by atoms with Crippen molar-refractivity contribution in [2.24, 2.45) is 4.99 Å². The first kappa shape index (κ1) is 20.3. The Morgan fingerprint density at radius 2 is 1.86 bits per heavy atom. The Bertz CT molecular complexity index is 937. The fourth-order valence-corrected chi connectivity index (χ4v) is 2.53. The summed E-state index contributed by atoms with van der Waals surface area (Å²) in [6.45, 7) is 2.64. The van der Waals surface area contributed by atoms with Gasteiger partial charge in [0, 0.05) is 6.54 Å². The Hall–Kier alpha value is -3.43. The molecule has 0 aliphatic carbocycles. The number of guanidine groups is 1. The Kier molecular flexibility index (Phi) is 6.43. The molecular weight excluding hydrogens is 389 g/mol. The lowest BCUT2D eigenvalue weighted by Gasteiger charge is -2.12. The molecule has 29 heavy (non-hydrogen) atoms. The molecule has 2 aromatic rings. The van der Waals surface area contributed by atoms with Crippen LogP contribution >= 0.6 is 0 Å². The molecule has 3 N–H and O–H groups in total. The number of amides is 1. The van der Waals surface area contributed by atoms with Gasteiger partial charge in [-0.3, -0.25) is 4.79 Å². The molecule has 0 saturated heterocycles. The maximum Gasteiger partial charge on any atom is 0.243 e. The van der Waals surface area contributed by atoms with Gasteiger partial charge in [-0.05, 0) is 36.8 Å². The maximum absolute atomic E-state index is 13.6. The predicted molar refractivity (Wildman–Crippen MR) is 100 cm³/mol. The second-order valence-electron chi connectivity index (χ2n) is 6.01. The lowest BCUT2D eigenvalue weighted by Crippen LogP contribution is -2.41. The van der Waals surface area contributed by atoms with Crippen LogP contribution < -0.4 is 25.4 Å². The molecule has 0 bridgehead atoms. The molecule has 0 atom stereocenters. The van der Waals surface area contributed by atoms with Gasteiger partial charge in [-0.15, -0.1) is 0 Å². The molecular formula is C19H19F3N4O3. The third kappa shape index (κ3) is 5.09. The molecule has 1 heterocycles. The third-order valence-electron chi connectivity index (χ3n) is 3.93. The van der Waals surface area contributed by atoms with Gasteiger partial charge in [-0.2, -0.15) is 0 Å². The Morgan fingerprint density at radius 3 is 2.66 bits per heavy atom. The summed E-state index contributed by atoms with van der Waals surface area (Å²) in [6.07, 6.45) is 0. The number of nitrogens with one attached hydrogen (secondary N) is 3. The highest BCUT2D eigenvalue weighted by molar-refractivity contribution is 5.95. The van der Waals surface area contributed by atoms with Crippen molar-refractivity contribution >= 4 is 17.6 Å². The van der Waals surface area contributed by atoms with Crippen LogP contribution in [0.5, 0.6) is 11.5 Å². The highest BCUT2D eigenvalue weighted by atomic mass is 19.2. The van der Waals surface area contributed by atoms with Gasteiger partial charge in [0.25, 0.3) is 0 Å². The van der Waals surface area contributed by atoms with Gasteiger partial charge in [-0.25, -0.2) is 18.2 Å². The number of rotatable bonds is 6. The zero-order chi connectivity index (χ0) is 20.8. The van der Waals surface area contributed by atoms with Crippen LogP contribution in [0, 0.1) is 17.5 Å². The van der Waals surface area contributed by atoms with E-state index in [2.05, 4.69) is 20.9 Å². The first-order valence-corrected chi connectivity index (χ1v) is 8.82. The Morgan fingerprint density at radius 1 is 1.07 bits per heavy atom. The molecule has 0 aromatic heterocycles. The third-order valence-corrected chi connectivity index (χ3v) is 3.93. The van der Waals surface area contributed by atoms with Gasteiger partial charge in [0.2, 0.25) is 12.7 Å². The van der Waals surface area contributed by atoms with Crippen LogP contribution in [0.3, 0.4) is 0 Å². The molecule has 10 heteroatoms. The summed E-state index contributed by atoms with van der Waals surface area (Å²) in [5, 5.41) is 7.94. The van der Waals surface area contributed by atoms with Crippen molar-refractivity contribution in [2.75, 3.05) is 25.2 Å². The molecule has 0 fully saturated rings. The molecule has 0 spiro atoms. The van der Waals surface area contributed by atoms with Gasteiger partial charge < -0.3 is 25.4 Å². The van der Waals surface area contributed by atoms with Crippen molar-refractivity contribution in [3.63, 3.8) is 0 Å². The monoisotopic (exact) mass is 408 g/mol. The van der Waals surface area contributed by atoms with Crippen molar-refractivity contribution in [1.29, 1.82) is 0 Å². The number of hydrogen-bond acceptors (Lipinski definition) is 4. The van der Waals surface area contributed by atoms with Crippen LogP contribution in [-0.4, -0.2) is 31.7 Å². The van der Waals surface area contributed by atoms with E-state index in [0.29, 0.717) is 30.5 Å². The highest BCUT2D eigenvalue weighted by Gasteiger charge is 2.16. The van der Waals surface area contributed by atoms with E-state index in [1.807, 2.05) is 19.1 Å². The second kappa shape index (κ2) is 9.18. The van der Waals surface area contributed by atoms with E-state index in [-0.39, 0.29) is 13.3 Å². The zero-order valence-electron chi connectivity index (χ0n) is 15.5. The molecule has 154 valence electrons. The number of carbonyl (C=O) groups is 1. The average Bonchev–Trinajstić information content (AvgIpc) is 3.18. The number of carbonyl (C=O) groups excluding carboxylic acids is 1. The standard InChI is InChI=1S/C19H19F3N4O3/c1-2-23-19(24-8-11-3-6-14-15(7-11)29-10-28-14)25-9-16(27)26-13-5-4-12(20)17(21)18(13)22/h3-7H,2,8-10H2,1H3,(H,26,27)(H2,23,24,25). The highest BCUT2D eigenvalue weighted by Crippen LogP contribution is 2.32. The van der Waals surface area contributed by atoms with Crippen LogP contribution in [0.2, 0.25) is 0 Å². The quantitative estimate of drug-likeness (QED) is 0.389. The minimum Gasteiger partial charge on any atom is -0.454 e. The van der Waals surface area contributed by atoms with E-state index >= 15 is 0 Å². The van der Waals surface area contributed by atoms with Crippen molar-refractivity contribution in [3.8, 4) is 11.5 Å². The summed E-state index contributed by atoms with van der Waals surface area (Å²) < 4.78 is 50.4. The van der Waals surface area contributed by atoms with E-state index in [1.165, 1.54) is 0 Å². The predicted octanol–water partition coefficient (Wildman–Crippen LogP) is 2.53. The van der Waals surface area contributed by atoms with Gasteiger partial charge >= 0.3 is 0 Å². The molecule has 3 rings (SSSR count). The number of benzene rings is 2. The van der Waals surface area contributed by atoms with E-state index in [0.717, 1.165) is 17.7 Å². The Balaban J connectivity index is 1.58. The largest absolute Gasteiger partial charge is 0.454 e. The van der Waals surface area contributed by atoms with E-state index in [4.69, 9.17) is 9.47 Å². The van der Waals surface area contributed by atoms with Gasteiger partial charge in [0.05, 0.1) is 18.8 Å². The number of ether oxygens (including phenoxy) is 2. The van der Waals surface area contributed by atoms with E-state index in [1.54, 1.807) is 6.07 Å². The lowest BCUT2D eigenvalue weighted by atomic mass is 10.2. The molecule has 1 amide bonds. The van der Waals surface area contributed by atoms with Crippen molar-refractivity contribution in [3.05, 3.63) is 53.3 Å². The van der Waals surface area contributed by atoms with E-state index in [9.17, 15) is 18.0 Å². The van der Waals surface area contributed by atoms with Crippen LogP contribution in [0.4, 0.5) is 18.9 Å². The van der Waals surface area contributed by atoms with Gasteiger partial charge in [0.15, 0.2) is 34.9 Å². The summed E-state index contributed by atoms with van der Waals surface area (Å²) in [5.41, 5.74) is 0.428. The number of anilines is 1. The lowest BCUT2D eigenvalue weighted by molar-refractivity contribution is -0.115. The Labute approximate surface area is 164 Å². The number of halogens is 3. The van der Waals surface area contributed by atoms with Crippen molar-refractivity contribution in [1.82, 2.24) is 10.6 Å². The smallest absolute Gasteiger partial charge is 0.243 e. The summed E-state index contributed by atoms with van der Waals surface area (Å²) in [7, 11) is 0.